The smallest absolute Gasteiger partial charge is 0.226 e. The van der Waals surface area contributed by atoms with Gasteiger partial charge in [0.15, 0.2) is 5.82 Å². The molecule has 1 aromatic carbocycles. The number of carbonyl (C=O) groups excluding carboxylic acids is 1. The van der Waals surface area contributed by atoms with Crippen molar-refractivity contribution < 1.29 is 4.79 Å². The Bertz CT molecular complexity index is 830. The van der Waals surface area contributed by atoms with Crippen LogP contribution in [0.25, 0.3) is 11.4 Å². The van der Waals surface area contributed by atoms with Crippen LogP contribution in [0.1, 0.15) is 24.1 Å². The van der Waals surface area contributed by atoms with Crippen molar-refractivity contribution >= 4 is 5.91 Å². The number of aromatic nitrogens is 2. The van der Waals surface area contributed by atoms with Gasteiger partial charge in [-0.1, -0.05) is 42.5 Å². The molecule has 120 valence electrons. The van der Waals surface area contributed by atoms with Gasteiger partial charge in [-0.25, -0.2) is 9.97 Å². The Morgan fingerprint density at radius 1 is 1.08 bits per heavy atom. The highest BCUT2D eigenvalue weighted by atomic mass is 16.2. The molecule has 4 nitrogen and oxygen atoms in total. The first-order valence-corrected chi connectivity index (χ1v) is 8.65. The van der Waals surface area contributed by atoms with Gasteiger partial charge in [0.25, 0.3) is 0 Å². The summed E-state index contributed by atoms with van der Waals surface area (Å²) < 4.78 is 0. The zero-order valence-electron chi connectivity index (χ0n) is 13.4. The maximum Gasteiger partial charge on any atom is 0.226 e. The first-order valence-electron chi connectivity index (χ1n) is 8.65. The fourth-order valence-electron chi connectivity index (χ4n) is 4.33. The van der Waals surface area contributed by atoms with Gasteiger partial charge < -0.3 is 4.90 Å². The molecule has 2 aromatic rings. The van der Waals surface area contributed by atoms with Crippen LogP contribution in [0.4, 0.5) is 0 Å². The fourth-order valence-corrected chi connectivity index (χ4v) is 4.33. The van der Waals surface area contributed by atoms with E-state index < -0.39 is 0 Å². The van der Waals surface area contributed by atoms with Gasteiger partial charge in [-0.3, -0.25) is 4.79 Å². The van der Waals surface area contributed by atoms with Crippen molar-refractivity contribution in [2.45, 2.75) is 25.9 Å². The number of benzene rings is 1. The van der Waals surface area contributed by atoms with Crippen LogP contribution in [-0.2, 0) is 17.9 Å². The van der Waals surface area contributed by atoms with Crippen LogP contribution in [0.2, 0.25) is 0 Å². The fraction of sp³-hybridized carbons (Fsp3) is 0.350. The molecule has 1 aliphatic heterocycles. The molecule has 0 N–H and O–H groups in total. The van der Waals surface area contributed by atoms with Gasteiger partial charge in [0.1, 0.15) is 0 Å². The number of rotatable bonds is 2. The first-order chi connectivity index (χ1) is 11.8. The molecule has 0 unspecified atom stereocenters. The van der Waals surface area contributed by atoms with E-state index in [9.17, 15) is 4.79 Å². The highest BCUT2D eigenvalue weighted by molar-refractivity contribution is 5.80. The lowest BCUT2D eigenvalue weighted by molar-refractivity contribution is -0.137. The van der Waals surface area contributed by atoms with Crippen LogP contribution in [-0.4, -0.2) is 20.8 Å². The van der Waals surface area contributed by atoms with Crippen molar-refractivity contribution in [1.82, 2.24) is 14.9 Å². The number of nitrogens with zero attached hydrogens (tertiary/aromatic N) is 3. The van der Waals surface area contributed by atoms with E-state index in [1.807, 2.05) is 41.4 Å². The van der Waals surface area contributed by atoms with E-state index in [0.717, 1.165) is 35.5 Å². The van der Waals surface area contributed by atoms with E-state index in [-0.39, 0.29) is 5.92 Å². The molecule has 0 saturated heterocycles. The number of allylic oxidation sites excluding steroid dienone is 2. The second kappa shape index (κ2) is 5.26. The third-order valence-corrected chi connectivity index (χ3v) is 5.60. The SMILES string of the molecule is O=C([C@@H]1C[C@@H]2C=C[C@H]1C2)N1Cc2cnc(-c3ccccc3)nc2C1. The Balaban J connectivity index is 1.37. The average molecular weight is 317 g/mol. The molecule has 1 fully saturated rings. The van der Waals surface area contributed by atoms with Crippen LogP contribution in [0, 0.1) is 17.8 Å². The predicted molar refractivity (Wildman–Crippen MR) is 90.6 cm³/mol. The van der Waals surface area contributed by atoms with Crippen LogP contribution >= 0.6 is 0 Å². The summed E-state index contributed by atoms with van der Waals surface area (Å²) in [6.45, 7) is 1.27. The normalized spacial score (nSPS) is 26.8. The second-order valence-corrected chi connectivity index (χ2v) is 7.11. The topological polar surface area (TPSA) is 46.1 Å². The van der Waals surface area contributed by atoms with Crippen molar-refractivity contribution in [3.05, 3.63) is 59.9 Å². The Morgan fingerprint density at radius 2 is 1.96 bits per heavy atom. The second-order valence-electron chi connectivity index (χ2n) is 7.11. The highest BCUT2D eigenvalue weighted by Crippen LogP contribution is 2.44. The van der Waals surface area contributed by atoms with Gasteiger partial charge in [0.2, 0.25) is 5.91 Å². The van der Waals surface area contributed by atoms with E-state index in [1.165, 1.54) is 0 Å². The van der Waals surface area contributed by atoms with Crippen molar-refractivity contribution in [2.75, 3.05) is 0 Å². The van der Waals surface area contributed by atoms with Gasteiger partial charge in [0.05, 0.1) is 12.2 Å². The summed E-state index contributed by atoms with van der Waals surface area (Å²) in [6, 6.07) is 10.00. The molecule has 5 rings (SSSR count). The molecule has 1 amide bonds. The lowest BCUT2D eigenvalue weighted by Gasteiger charge is -2.23. The summed E-state index contributed by atoms with van der Waals surface area (Å²) in [4.78, 5) is 24.1. The number of hydrogen-bond donors (Lipinski definition) is 0. The first kappa shape index (κ1) is 13.9. The third-order valence-electron chi connectivity index (χ3n) is 5.60. The van der Waals surface area contributed by atoms with Crippen LogP contribution in [0.15, 0.2) is 48.7 Å². The van der Waals surface area contributed by atoms with E-state index in [2.05, 4.69) is 17.1 Å². The lowest BCUT2D eigenvalue weighted by Crippen LogP contribution is -2.34. The lowest BCUT2D eigenvalue weighted by atomic mass is 9.92. The summed E-state index contributed by atoms with van der Waals surface area (Å²) in [5, 5.41) is 0. The zero-order chi connectivity index (χ0) is 16.1. The van der Waals surface area contributed by atoms with E-state index in [4.69, 9.17) is 4.98 Å². The maximum absolute atomic E-state index is 12.9. The maximum atomic E-state index is 12.9. The highest BCUT2D eigenvalue weighted by Gasteiger charge is 2.42. The van der Waals surface area contributed by atoms with E-state index >= 15 is 0 Å². The Labute approximate surface area is 141 Å². The average Bonchev–Trinajstić information content (AvgIpc) is 3.36. The number of amides is 1. The quantitative estimate of drug-likeness (QED) is 0.799. The Kier molecular flexibility index (Phi) is 3.05. The Morgan fingerprint density at radius 3 is 2.71 bits per heavy atom. The molecule has 3 aliphatic rings. The van der Waals surface area contributed by atoms with E-state index in [1.54, 1.807) is 0 Å². The monoisotopic (exact) mass is 317 g/mol. The predicted octanol–water partition coefficient (Wildman–Crippen LogP) is 3.20. The number of fused-ring (bicyclic) bond motifs is 3. The summed E-state index contributed by atoms with van der Waals surface area (Å²) in [5.74, 6) is 2.30. The Hall–Kier alpha value is -2.49. The van der Waals surface area contributed by atoms with Crippen LogP contribution in [0.5, 0.6) is 0 Å². The molecule has 2 bridgehead atoms. The molecular weight excluding hydrogens is 298 g/mol. The largest absolute Gasteiger partial charge is 0.332 e. The van der Waals surface area contributed by atoms with Gasteiger partial charge in [0, 0.05) is 29.8 Å². The summed E-state index contributed by atoms with van der Waals surface area (Å²) in [5.41, 5.74) is 3.10. The van der Waals surface area contributed by atoms with Crippen molar-refractivity contribution in [3.8, 4) is 11.4 Å². The minimum absolute atomic E-state index is 0.177. The minimum Gasteiger partial charge on any atom is -0.332 e. The molecule has 0 spiro atoms. The molecule has 4 heteroatoms. The molecule has 2 aliphatic carbocycles. The summed E-state index contributed by atoms with van der Waals surface area (Å²) in [7, 11) is 0. The summed E-state index contributed by atoms with van der Waals surface area (Å²) in [6.07, 6.45) is 8.60. The molecule has 24 heavy (non-hydrogen) atoms. The molecule has 0 radical (unpaired) electrons. The van der Waals surface area contributed by atoms with Gasteiger partial charge in [-0.15, -0.1) is 0 Å². The molecule has 1 saturated carbocycles. The third kappa shape index (κ3) is 2.17. The van der Waals surface area contributed by atoms with Crippen molar-refractivity contribution in [2.24, 2.45) is 17.8 Å². The zero-order valence-corrected chi connectivity index (χ0v) is 13.4. The number of carbonyl (C=O) groups is 1. The summed E-state index contributed by atoms with van der Waals surface area (Å²) >= 11 is 0. The van der Waals surface area contributed by atoms with Gasteiger partial charge >= 0.3 is 0 Å². The molecule has 1 aromatic heterocycles. The van der Waals surface area contributed by atoms with Crippen molar-refractivity contribution in [3.63, 3.8) is 0 Å². The minimum atomic E-state index is 0.177. The van der Waals surface area contributed by atoms with E-state index in [0.29, 0.717) is 30.8 Å². The molecule has 3 atom stereocenters. The van der Waals surface area contributed by atoms with Crippen molar-refractivity contribution in [1.29, 1.82) is 0 Å². The molecule has 2 heterocycles. The van der Waals surface area contributed by atoms with Crippen LogP contribution < -0.4 is 0 Å². The molecular formula is C20H19N3O. The number of hydrogen-bond acceptors (Lipinski definition) is 3. The van der Waals surface area contributed by atoms with Gasteiger partial charge in [-0.2, -0.15) is 0 Å². The standard InChI is InChI=1S/C20H19N3O/c24-20(17-9-13-6-7-15(17)8-13)23-11-16-10-21-19(22-18(16)12-23)14-4-2-1-3-5-14/h1-7,10,13,15,17H,8-9,11-12H2/t13-,15+,17-/m1/s1. The van der Waals surface area contributed by atoms with Gasteiger partial charge in [-0.05, 0) is 24.7 Å². The van der Waals surface area contributed by atoms with Crippen LogP contribution in [0.3, 0.4) is 0 Å².